The van der Waals surface area contributed by atoms with Crippen LogP contribution in [0.3, 0.4) is 0 Å². The van der Waals surface area contributed by atoms with Crippen LogP contribution in [0.2, 0.25) is 0 Å². The summed E-state index contributed by atoms with van der Waals surface area (Å²) in [5, 5.41) is 2.62. The Morgan fingerprint density at radius 2 is 1.89 bits per heavy atom. The van der Waals surface area contributed by atoms with Crippen molar-refractivity contribution in [3.05, 3.63) is 18.2 Å². The summed E-state index contributed by atoms with van der Waals surface area (Å²) in [5.41, 5.74) is 0.532. The fourth-order valence-corrected chi connectivity index (χ4v) is 2.21. The molecule has 1 aliphatic heterocycles. The molecule has 0 aromatic heterocycles. The van der Waals surface area contributed by atoms with Crippen LogP contribution in [0.15, 0.2) is 18.2 Å². The molecule has 0 spiro atoms. The third kappa shape index (κ3) is 2.47. The van der Waals surface area contributed by atoms with Gasteiger partial charge in [-0.05, 0) is 12.1 Å². The van der Waals surface area contributed by atoms with Gasteiger partial charge in [0.15, 0.2) is 11.5 Å². The summed E-state index contributed by atoms with van der Waals surface area (Å²) >= 11 is 0. The summed E-state index contributed by atoms with van der Waals surface area (Å²) in [6, 6.07) is 5.00. The highest BCUT2D eigenvalue weighted by Gasteiger charge is 2.48. The minimum atomic E-state index is -2.69. The Balaban J connectivity index is 1.65. The highest BCUT2D eigenvalue weighted by Crippen LogP contribution is 2.43. The fraction of sp³-hybridized carbons (Fsp3) is 0.462. The average molecular weight is 269 g/mol. The molecule has 0 atom stereocenters. The monoisotopic (exact) mass is 269 g/mol. The SMILES string of the molecule is O=C(Nc1ccc2c(c1)OCCO2)C1CC(F)(F)C1. The largest absolute Gasteiger partial charge is 0.486 e. The summed E-state index contributed by atoms with van der Waals surface area (Å²) in [5.74, 6) is -2.48. The van der Waals surface area contributed by atoms with Crippen molar-refractivity contribution in [3.8, 4) is 11.5 Å². The van der Waals surface area contributed by atoms with E-state index in [4.69, 9.17) is 9.47 Å². The number of amides is 1. The molecule has 1 amide bonds. The van der Waals surface area contributed by atoms with Crippen LogP contribution in [0, 0.1) is 5.92 Å². The van der Waals surface area contributed by atoms with Gasteiger partial charge in [-0.3, -0.25) is 4.79 Å². The van der Waals surface area contributed by atoms with Crippen LogP contribution in [-0.2, 0) is 4.79 Å². The van der Waals surface area contributed by atoms with E-state index in [1.165, 1.54) is 0 Å². The first-order valence-corrected chi connectivity index (χ1v) is 6.12. The van der Waals surface area contributed by atoms with Crippen molar-refractivity contribution < 1.29 is 23.0 Å². The van der Waals surface area contributed by atoms with E-state index in [0.29, 0.717) is 30.4 Å². The lowest BCUT2D eigenvalue weighted by molar-refractivity contribution is -0.145. The van der Waals surface area contributed by atoms with E-state index in [9.17, 15) is 13.6 Å². The molecule has 1 fully saturated rings. The molecule has 1 aromatic rings. The molecule has 2 aliphatic rings. The highest BCUT2D eigenvalue weighted by atomic mass is 19.3. The second-order valence-corrected chi connectivity index (χ2v) is 4.81. The standard InChI is InChI=1S/C13H13F2NO3/c14-13(15)6-8(7-13)12(17)16-9-1-2-10-11(5-9)19-4-3-18-10/h1-2,5,8H,3-4,6-7H2,(H,16,17). The molecule has 6 heteroatoms. The normalized spacial score (nSPS) is 20.5. The van der Waals surface area contributed by atoms with Crippen molar-refractivity contribution in [2.45, 2.75) is 18.8 Å². The van der Waals surface area contributed by atoms with Crippen LogP contribution < -0.4 is 14.8 Å². The highest BCUT2D eigenvalue weighted by molar-refractivity contribution is 5.93. The average Bonchev–Trinajstić information content (AvgIpc) is 2.35. The Hall–Kier alpha value is -1.85. The number of hydrogen-bond acceptors (Lipinski definition) is 3. The second-order valence-electron chi connectivity index (χ2n) is 4.81. The maximum atomic E-state index is 12.7. The molecule has 1 aliphatic carbocycles. The number of anilines is 1. The van der Waals surface area contributed by atoms with E-state index in [-0.39, 0.29) is 18.7 Å². The van der Waals surface area contributed by atoms with Crippen LogP contribution >= 0.6 is 0 Å². The van der Waals surface area contributed by atoms with E-state index >= 15 is 0 Å². The molecule has 3 rings (SSSR count). The Labute approximate surface area is 108 Å². The van der Waals surface area contributed by atoms with Gasteiger partial charge in [-0.15, -0.1) is 0 Å². The number of carbonyl (C=O) groups excluding carboxylic acids is 1. The van der Waals surface area contributed by atoms with Gasteiger partial charge in [-0.2, -0.15) is 0 Å². The van der Waals surface area contributed by atoms with Gasteiger partial charge in [0.05, 0.1) is 0 Å². The van der Waals surface area contributed by atoms with Gasteiger partial charge < -0.3 is 14.8 Å². The topological polar surface area (TPSA) is 47.6 Å². The Kier molecular flexibility index (Phi) is 2.80. The maximum Gasteiger partial charge on any atom is 0.249 e. The van der Waals surface area contributed by atoms with Crippen molar-refractivity contribution in [2.24, 2.45) is 5.92 Å². The molecule has 1 N–H and O–H groups in total. The number of halogens is 2. The third-order valence-corrected chi connectivity index (χ3v) is 3.27. The zero-order valence-corrected chi connectivity index (χ0v) is 10.1. The Morgan fingerprint density at radius 1 is 1.21 bits per heavy atom. The molecule has 19 heavy (non-hydrogen) atoms. The quantitative estimate of drug-likeness (QED) is 0.897. The van der Waals surface area contributed by atoms with Crippen molar-refractivity contribution in [2.75, 3.05) is 18.5 Å². The van der Waals surface area contributed by atoms with Gasteiger partial charge in [-0.1, -0.05) is 0 Å². The van der Waals surface area contributed by atoms with Gasteiger partial charge >= 0.3 is 0 Å². The van der Waals surface area contributed by atoms with Gasteiger partial charge in [0.2, 0.25) is 11.8 Å². The number of nitrogens with one attached hydrogen (secondary N) is 1. The van der Waals surface area contributed by atoms with Gasteiger partial charge in [0.25, 0.3) is 0 Å². The van der Waals surface area contributed by atoms with Gasteiger partial charge in [0.1, 0.15) is 13.2 Å². The number of hydrogen-bond donors (Lipinski definition) is 1. The zero-order valence-electron chi connectivity index (χ0n) is 10.1. The van der Waals surface area contributed by atoms with Crippen LogP contribution in [0.4, 0.5) is 14.5 Å². The van der Waals surface area contributed by atoms with Crippen LogP contribution in [0.1, 0.15) is 12.8 Å². The predicted octanol–water partition coefficient (Wildman–Crippen LogP) is 2.44. The molecule has 102 valence electrons. The Bertz CT molecular complexity index is 511. The number of carbonyl (C=O) groups is 1. The first-order chi connectivity index (χ1) is 9.03. The molecule has 4 nitrogen and oxygen atoms in total. The van der Waals surface area contributed by atoms with Crippen molar-refractivity contribution >= 4 is 11.6 Å². The predicted molar refractivity (Wildman–Crippen MR) is 63.7 cm³/mol. The summed E-state index contributed by atoms with van der Waals surface area (Å²) in [6.07, 6.45) is -0.743. The molecule has 1 heterocycles. The Morgan fingerprint density at radius 3 is 2.58 bits per heavy atom. The smallest absolute Gasteiger partial charge is 0.249 e. The van der Waals surface area contributed by atoms with Crippen molar-refractivity contribution in [3.63, 3.8) is 0 Å². The van der Waals surface area contributed by atoms with Crippen LogP contribution in [0.25, 0.3) is 0 Å². The lowest BCUT2D eigenvalue weighted by atomic mass is 9.81. The summed E-state index contributed by atoms with van der Waals surface area (Å²) in [6.45, 7) is 0.953. The lowest BCUT2D eigenvalue weighted by Gasteiger charge is -2.33. The molecule has 0 radical (unpaired) electrons. The number of ether oxygens (including phenoxy) is 2. The van der Waals surface area contributed by atoms with Crippen LogP contribution in [0.5, 0.6) is 11.5 Å². The molecule has 0 saturated heterocycles. The lowest BCUT2D eigenvalue weighted by Crippen LogP contribution is -2.42. The van der Waals surface area contributed by atoms with Crippen molar-refractivity contribution in [1.82, 2.24) is 0 Å². The minimum Gasteiger partial charge on any atom is -0.486 e. The second kappa shape index (κ2) is 4.36. The first kappa shape index (κ1) is 12.2. The molecular formula is C13H13F2NO3. The van der Waals surface area contributed by atoms with E-state index in [1.54, 1.807) is 18.2 Å². The molecule has 0 unspecified atom stereocenters. The van der Waals surface area contributed by atoms with Gasteiger partial charge in [0, 0.05) is 30.5 Å². The number of benzene rings is 1. The summed E-state index contributed by atoms with van der Waals surface area (Å²) in [7, 11) is 0. The number of rotatable bonds is 2. The first-order valence-electron chi connectivity index (χ1n) is 6.12. The molecule has 1 aromatic carbocycles. The molecule has 0 bridgehead atoms. The maximum absolute atomic E-state index is 12.7. The van der Waals surface area contributed by atoms with E-state index < -0.39 is 11.8 Å². The summed E-state index contributed by atoms with van der Waals surface area (Å²) < 4.78 is 36.1. The molecule has 1 saturated carbocycles. The van der Waals surface area contributed by atoms with Crippen molar-refractivity contribution in [1.29, 1.82) is 0 Å². The van der Waals surface area contributed by atoms with Crippen LogP contribution in [-0.4, -0.2) is 25.0 Å². The van der Waals surface area contributed by atoms with E-state index in [2.05, 4.69) is 5.32 Å². The number of fused-ring (bicyclic) bond motifs is 1. The minimum absolute atomic E-state index is 0.372. The van der Waals surface area contributed by atoms with E-state index in [1.807, 2.05) is 0 Å². The third-order valence-electron chi connectivity index (χ3n) is 3.27. The zero-order chi connectivity index (χ0) is 13.5. The van der Waals surface area contributed by atoms with E-state index in [0.717, 1.165) is 0 Å². The fourth-order valence-electron chi connectivity index (χ4n) is 2.21. The number of alkyl halides is 2. The van der Waals surface area contributed by atoms with Gasteiger partial charge in [-0.25, -0.2) is 8.78 Å². The summed E-state index contributed by atoms with van der Waals surface area (Å²) in [4.78, 5) is 11.7. The molecular weight excluding hydrogens is 256 g/mol.